The molecule has 1 fully saturated rings. The zero-order chi connectivity index (χ0) is 18.5. The maximum Gasteiger partial charge on any atom is 0.407 e. The first kappa shape index (κ1) is 21.5. The lowest BCUT2D eigenvalue weighted by Gasteiger charge is -2.19. The molecule has 0 aliphatic carbocycles. The summed E-state index contributed by atoms with van der Waals surface area (Å²) >= 11 is 0. The summed E-state index contributed by atoms with van der Waals surface area (Å²) in [4.78, 5) is 18.3. The lowest BCUT2D eigenvalue weighted by Crippen LogP contribution is -2.39. The van der Waals surface area contributed by atoms with E-state index in [0.717, 1.165) is 31.9 Å². The van der Waals surface area contributed by atoms with E-state index in [4.69, 9.17) is 4.74 Å². The van der Waals surface area contributed by atoms with E-state index in [2.05, 4.69) is 25.8 Å². The van der Waals surface area contributed by atoms with Gasteiger partial charge in [-0.2, -0.15) is 0 Å². The maximum absolute atomic E-state index is 11.5. The van der Waals surface area contributed by atoms with Crippen molar-refractivity contribution >= 4 is 12.1 Å². The van der Waals surface area contributed by atoms with E-state index in [-0.39, 0.29) is 6.09 Å². The van der Waals surface area contributed by atoms with Gasteiger partial charge < -0.3 is 25.6 Å². The van der Waals surface area contributed by atoms with E-state index in [1.54, 1.807) is 7.05 Å². The number of alkyl carbamates (subject to hydrolysis) is 1. The van der Waals surface area contributed by atoms with Gasteiger partial charge in [-0.15, -0.1) is 0 Å². The van der Waals surface area contributed by atoms with Crippen molar-refractivity contribution in [1.29, 1.82) is 0 Å². The van der Waals surface area contributed by atoms with Gasteiger partial charge in [0.05, 0.1) is 0 Å². The molecule has 7 nitrogen and oxygen atoms in total. The molecule has 0 radical (unpaired) electrons. The summed E-state index contributed by atoms with van der Waals surface area (Å²) in [6.07, 6.45) is 5.54. The second kappa shape index (κ2) is 12.0. The smallest absolute Gasteiger partial charge is 0.407 e. The van der Waals surface area contributed by atoms with Crippen molar-refractivity contribution in [2.45, 2.75) is 58.5 Å². The van der Waals surface area contributed by atoms with Crippen LogP contribution in [0, 0.1) is 0 Å². The van der Waals surface area contributed by atoms with Crippen LogP contribution in [0.1, 0.15) is 52.9 Å². The number of nitrogens with one attached hydrogen (secondary N) is 3. The number of carbonyl (C=O) groups is 1. The molecule has 1 amide bonds. The van der Waals surface area contributed by atoms with Gasteiger partial charge in [-0.05, 0) is 72.5 Å². The van der Waals surface area contributed by atoms with E-state index < -0.39 is 5.60 Å². The highest BCUT2D eigenvalue weighted by Crippen LogP contribution is 2.08. The summed E-state index contributed by atoms with van der Waals surface area (Å²) in [5.41, 5.74) is -0.455. The van der Waals surface area contributed by atoms with Crippen molar-refractivity contribution in [3.05, 3.63) is 0 Å². The van der Waals surface area contributed by atoms with E-state index in [1.807, 2.05) is 20.8 Å². The van der Waals surface area contributed by atoms with E-state index in [1.165, 1.54) is 38.9 Å². The first-order valence-electron chi connectivity index (χ1n) is 9.54. The van der Waals surface area contributed by atoms with E-state index >= 15 is 0 Å². The van der Waals surface area contributed by atoms with Crippen LogP contribution in [0.2, 0.25) is 0 Å². The van der Waals surface area contributed by atoms with Crippen molar-refractivity contribution in [1.82, 2.24) is 20.9 Å². The summed E-state index contributed by atoms with van der Waals surface area (Å²) in [6, 6.07) is 0. The Kier molecular flexibility index (Phi) is 10.3. The number of likely N-dealkylation sites (tertiary alicyclic amines) is 1. The molecule has 1 aliphatic heterocycles. The fourth-order valence-electron chi connectivity index (χ4n) is 2.69. The predicted octanol–water partition coefficient (Wildman–Crippen LogP) is 1.94. The molecule has 0 aromatic heterocycles. The Labute approximate surface area is 153 Å². The normalized spacial score (nSPS) is 15.9. The Bertz CT molecular complexity index is 401. The third-order valence-corrected chi connectivity index (χ3v) is 3.93. The third kappa shape index (κ3) is 11.6. The van der Waals surface area contributed by atoms with Gasteiger partial charge in [-0.1, -0.05) is 0 Å². The monoisotopic (exact) mass is 355 g/mol. The number of amides is 1. The number of ether oxygens (including phenoxy) is 1. The quantitative estimate of drug-likeness (QED) is 0.335. The van der Waals surface area contributed by atoms with Gasteiger partial charge in [0.2, 0.25) is 0 Å². The first-order valence-corrected chi connectivity index (χ1v) is 9.54. The SMILES string of the molecule is CN=C(NCCCCN1CCCC1)NCCCNC(=O)OC(C)(C)C. The van der Waals surface area contributed by atoms with Gasteiger partial charge in [0.25, 0.3) is 0 Å². The molecule has 1 heterocycles. The molecule has 1 rings (SSSR count). The number of hydrogen-bond donors (Lipinski definition) is 3. The predicted molar refractivity (Wildman–Crippen MR) is 103 cm³/mol. The number of hydrogen-bond acceptors (Lipinski definition) is 4. The zero-order valence-electron chi connectivity index (χ0n) is 16.5. The highest BCUT2D eigenvalue weighted by atomic mass is 16.6. The van der Waals surface area contributed by atoms with Crippen molar-refractivity contribution < 1.29 is 9.53 Å². The fraction of sp³-hybridized carbons (Fsp3) is 0.889. The summed E-state index contributed by atoms with van der Waals surface area (Å²) in [5.74, 6) is 0.818. The Balaban J connectivity index is 1.97. The van der Waals surface area contributed by atoms with Crippen LogP contribution in [0.4, 0.5) is 4.79 Å². The summed E-state index contributed by atoms with van der Waals surface area (Å²) in [7, 11) is 1.78. The van der Waals surface area contributed by atoms with Crippen LogP contribution in [0.15, 0.2) is 4.99 Å². The fourth-order valence-corrected chi connectivity index (χ4v) is 2.69. The number of nitrogens with zero attached hydrogens (tertiary/aromatic N) is 2. The second-order valence-corrected chi connectivity index (χ2v) is 7.46. The number of unbranched alkanes of at least 4 members (excludes halogenated alkanes) is 1. The topological polar surface area (TPSA) is 78.0 Å². The third-order valence-electron chi connectivity index (χ3n) is 3.93. The zero-order valence-corrected chi connectivity index (χ0v) is 16.5. The largest absolute Gasteiger partial charge is 0.444 e. The molecule has 1 saturated heterocycles. The second-order valence-electron chi connectivity index (χ2n) is 7.46. The molecule has 25 heavy (non-hydrogen) atoms. The molecular weight excluding hydrogens is 318 g/mol. The highest BCUT2D eigenvalue weighted by molar-refractivity contribution is 5.79. The number of aliphatic imine (C=N–C) groups is 1. The van der Waals surface area contributed by atoms with Gasteiger partial charge in [-0.3, -0.25) is 4.99 Å². The van der Waals surface area contributed by atoms with Crippen LogP contribution in [0.5, 0.6) is 0 Å². The number of rotatable bonds is 9. The molecule has 0 spiro atoms. The summed E-state index contributed by atoms with van der Waals surface area (Å²) in [5, 5.41) is 9.35. The van der Waals surface area contributed by atoms with Crippen LogP contribution in [0.25, 0.3) is 0 Å². The number of carbonyl (C=O) groups excluding carboxylic acids is 1. The molecule has 146 valence electrons. The highest BCUT2D eigenvalue weighted by Gasteiger charge is 2.15. The maximum atomic E-state index is 11.5. The van der Waals surface area contributed by atoms with Gasteiger partial charge in [0.15, 0.2) is 5.96 Å². The first-order chi connectivity index (χ1) is 11.9. The minimum absolute atomic E-state index is 0.368. The Hall–Kier alpha value is -1.50. The van der Waals surface area contributed by atoms with Crippen LogP contribution in [-0.2, 0) is 4.74 Å². The molecule has 7 heteroatoms. The standard InChI is InChI=1S/C18H37N5O2/c1-18(2,3)25-17(24)22-12-9-11-21-16(19-4)20-10-5-6-13-23-14-7-8-15-23/h5-15H2,1-4H3,(H,22,24)(H2,19,20,21). The van der Waals surface area contributed by atoms with Crippen molar-refractivity contribution in [3.63, 3.8) is 0 Å². The van der Waals surface area contributed by atoms with Gasteiger partial charge in [-0.25, -0.2) is 4.79 Å². The van der Waals surface area contributed by atoms with Crippen molar-refractivity contribution in [2.75, 3.05) is 46.3 Å². The molecule has 0 unspecified atom stereocenters. The lowest BCUT2D eigenvalue weighted by molar-refractivity contribution is 0.0527. The molecule has 3 N–H and O–H groups in total. The van der Waals surface area contributed by atoms with E-state index in [9.17, 15) is 4.79 Å². The molecule has 1 aliphatic rings. The van der Waals surface area contributed by atoms with Crippen molar-refractivity contribution in [2.24, 2.45) is 4.99 Å². The molecule has 0 saturated carbocycles. The van der Waals surface area contributed by atoms with Gasteiger partial charge >= 0.3 is 6.09 Å². The Morgan fingerprint density at radius 3 is 2.20 bits per heavy atom. The van der Waals surface area contributed by atoms with E-state index in [0.29, 0.717) is 6.54 Å². The summed E-state index contributed by atoms with van der Waals surface area (Å²) in [6.45, 7) is 11.6. The van der Waals surface area contributed by atoms with Gasteiger partial charge in [0.1, 0.15) is 5.60 Å². The molecule has 0 aromatic rings. The van der Waals surface area contributed by atoms with Crippen LogP contribution in [-0.4, -0.2) is 68.9 Å². The van der Waals surface area contributed by atoms with Crippen LogP contribution in [0.3, 0.4) is 0 Å². The minimum Gasteiger partial charge on any atom is -0.444 e. The molecule has 0 atom stereocenters. The Morgan fingerprint density at radius 1 is 1.00 bits per heavy atom. The van der Waals surface area contributed by atoms with Crippen molar-refractivity contribution in [3.8, 4) is 0 Å². The van der Waals surface area contributed by atoms with Crippen LogP contribution < -0.4 is 16.0 Å². The molecule has 0 bridgehead atoms. The lowest BCUT2D eigenvalue weighted by atomic mass is 10.2. The average Bonchev–Trinajstić information content (AvgIpc) is 3.04. The number of guanidine groups is 1. The molecular formula is C18H37N5O2. The molecule has 0 aromatic carbocycles. The summed E-state index contributed by atoms with van der Waals surface area (Å²) < 4.78 is 5.19. The Morgan fingerprint density at radius 2 is 1.60 bits per heavy atom. The minimum atomic E-state index is -0.455. The van der Waals surface area contributed by atoms with Gasteiger partial charge in [0, 0.05) is 26.7 Å². The van der Waals surface area contributed by atoms with Crippen LogP contribution >= 0.6 is 0 Å². The average molecular weight is 356 g/mol.